The van der Waals surface area contributed by atoms with Crippen LogP contribution in [0.3, 0.4) is 0 Å². The van der Waals surface area contributed by atoms with Gasteiger partial charge in [0.2, 0.25) is 0 Å². The normalized spacial score (nSPS) is 12.0. The van der Waals surface area contributed by atoms with E-state index in [-0.39, 0.29) is 11.7 Å². The number of aryl methyl sites for hydroxylation is 1. The minimum Gasteiger partial charge on any atom is -0.358 e. The number of benzene rings is 1. The molecule has 0 bridgehead atoms. The van der Waals surface area contributed by atoms with E-state index in [0.717, 1.165) is 10.0 Å². The van der Waals surface area contributed by atoms with Crippen LogP contribution in [0.1, 0.15) is 24.2 Å². The van der Waals surface area contributed by atoms with Crippen LogP contribution in [0.15, 0.2) is 47.2 Å². The van der Waals surface area contributed by atoms with Crippen LogP contribution in [0.4, 0.5) is 11.5 Å². The molecule has 1 unspecified atom stereocenters. The van der Waals surface area contributed by atoms with Crippen molar-refractivity contribution in [2.24, 2.45) is 0 Å². The summed E-state index contributed by atoms with van der Waals surface area (Å²) in [4.78, 5) is 22.8. The van der Waals surface area contributed by atoms with E-state index in [2.05, 4.69) is 31.4 Å². The number of carbonyl (C=O) groups excluding carboxylic acids is 1. The van der Waals surface area contributed by atoms with Crippen molar-refractivity contribution in [3.8, 4) is 0 Å². The Balaban J connectivity index is 1.72. The molecule has 27 heavy (non-hydrogen) atoms. The summed E-state index contributed by atoms with van der Waals surface area (Å²) in [6.07, 6.45) is 3.57. The third-order valence-corrected chi connectivity index (χ3v) is 4.39. The van der Waals surface area contributed by atoms with Crippen LogP contribution >= 0.6 is 15.9 Å². The number of nitro groups is 1. The van der Waals surface area contributed by atoms with Gasteiger partial charge in [-0.3, -0.25) is 9.48 Å². The van der Waals surface area contributed by atoms with Crippen LogP contribution in [0.25, 0.3) is 0 Å². The van der Waals surface area contributed by atoms with Crippen LogP contribution in [0, 0.1) is 17.0 Å². The zero-order valence-electron chi connectivity index (χ0n) is 14.7. The van der Waals surface area contributed by atoms with Gasteiger partial charge in [0.1, 0.15) is 6.04 Å². The molecule has 0 fully saturated rings. The summed E-state index contributed by atoms with van der Waals surface area (Å²) in [6, 6.07) is 8.08. The Kier molecular flexibility index (Phi) is 5.36. The molecule has 3 aromatic rings. The molecule has 1 atom stereocenters. The first-order chi connectivity index (χ1) is 12.8. The molecule has 3 rings (SSSR count). The minimum absolute atomic E-state index is 0.278. The maximum atomic E-state index is 12.6. The van der Waals surface area contributed by atoms with Crippen LogP contribution in [0.5, 0.6) is 0 Å². The predicted molar refractivity (Wildman–Crippen MR) is 102 cm³/mol. The van der Waals surface area contributed by atoms with E-state index in [4.69, 9.17) is 0 Å². The van der Waals surface area contributed by atoms with Crippen molar-refractivity contribution in [1.82, 2.24) is 19.6 Å². The number of hydrogen-bond acceptors (Lipinski definition) is 5. The lowest BCUT2D eigenvalue weighted by molar-refractivity contribution is -0.389. The Morgan fingerprint density at radius 1 is 1.41 bits per heavy atom. The average molecular weight is 433 g/mol. The van der Waals surface area contributed by atoms with Crippen molar-refractivity contribution in [2.45, 2.75) is 26.4 Å². The first-order valence-electron chi connectivity index (χ1n) is 8.12. The van der Waals surface area contributed by atoms with E-state index < -0.39 is 11.0 Å². The smallest absolute Gasteiger partial charge is 0.358 e. The van der Waals surface area contributed by atoms with Gasteiger partial charge >= 0.3 is 5.82 Å². The summed E-state index contributed by atoms with van der Waals surface area (Å²) in [7, 11) is 0. The zero-order valence-corrected chi connectivity index (χ0v) is 16.3. The molecular weight excluding hydrogens is 416 g/mol. The molecule has 140 valence electrons. The maximum absolute atomic E-state index is 12.6. The van der Waals surface area contributed by atoms with Gasteiger partial charge < -0.3 is 15.4 Å². The molecule has 1 aromatic carbocycles. The Hall–Kier alpha value is -3.01. The molecule has 0 radical (unpaired) electrons. The second-order valence-corrected chi connectivity index (χ2v) is 6.98. The van der Waals surface area contributed by atoms with E-state index in [1.54, 1.807) is 30.8 Å². The highest BCUT2D eigenvalue weighted by molar-refractivity contribution is 9.10. The highest BCUT2D eigenvalue weighted by Gasteiger charge is 2.24. The van der Waals surface area contributed by atoms with Crippen molar-refractivity contribution in [2.75, 3.05) is 5.32 Å². The van der Waals surface area contributed by atoms with Gasteiger partial charge in [-0.15, -0.1) is 0 Å². The Morgan fingerprint density at radius 3 is 2.81 bits per heavy atom. The molecule has 0 spiro atoms. The molecule has 0 aliphatic heterocycles. The predicted octanol–water partition coefficient (Wildman–Crippen LogP) is 3.31. The summed E-state index contributed by atoms with van der Waals surface area (Å²) >= 11 is 3.36. The Bertz CT molecular complexity index is 996. The van der Waals surface area contributed by atoms with Crippen molar-refractivity contribution in [3.63, 3.8) is 0 Å². The number of anilines is 1. The van der Waals surface area contributed by atoms with Gasteiger partial charge in [0.15, 0.2) is 0 Å². The van der Waals surface area contributed by atoms with E-state index in [1.165, 1.54) is 10.7 Å². The molecule has 2 heterocycles. The Labute approximate surface area is 163 Å². The van der Waals surface area contributed by atoms with Gasteiger partial charge in [0.25, 0.3) is 5.91 Å². The molecule has 1 amide bonds. The van der Waals surface area contributed by atoms with Crippen LogP contribution < -0.4 is 5.32 Å². The van der Waals surface area contributed by atoms with Crippen molar-refractivity contribution >= 4 is 33.3 Å². The molecule has 0 aliphatic carbocycles. The number of halogens is 1. The number of carbonyl (C=O) groups is 1. The quantitative estimate of drug-likeness (QED) is 0.474. The van der Waals surface area contributed by atoms with Gasteiger partial charge in [-0.05, 0) is 52.4 Å². The van der Waals surface area contributed by atoms with Crippen LogP contribution in [-0.4, -0.2) is 30.4 Å². The molecule has 9 nitrogen and oxygen atoms in total. The highest BCUT2D eigenvalue weighted by Crippen LogP contribution is 2.19. The maximum Gasteiger partial charge on any atom is 0.390 e. The number of nitrogens with zero attached hydrogens (tertiary/aromatic N) is 5. The molecule has 0 saturated heterocycles. The third-order valence-electron chi connectivity index (χ3n) is 3.98. The monoisotopic (exact) mass is 432 g/mol. The number of amides is 1. The van der Waals surface area contributed by atoms with E-state index in [0.29, 0.717) is 17.9 Å². The standard InChI is InChI=1S/C17H17BrN6O3/c1-11-6-16(24(26)27)21-23(11)12(2)17(25)20-15-5-3-4-13(7-15)9-22-10-14(18)8-19-22/h3-8,10,12H,9H2,1-2H3,(H,20,25). The van der Waals surface area contributed by atoms with Gasteiger partial charge in [-0.1, -0.05) is 12.1 Å². The second-order valence-electron chi connectivity index (χ2n) is 6.07. The van der Waals surface area contributed by atoms with Crippen molar-refractivity contribution < 1.29 is 9.72 Å². The van der Waals surface area contributed by atoms with E-state index >= 15 is 0 Å². The minimum atomic E-state index is -0.690. The lowest BCUT2D eigenvalue weighted by Gasteiger charge is -2.12. The lowest BCUT2D eigenvalue weighted by Crippen LogP contribution is -2.25. The molecular formula is C17H17BrN6O3. The van der Waals surface area contributed by atoms with Crippen molar-refractivity contribution in [3.05, 3.63) is 68.6 Å². The van der Waals surface area contributed by atoms with Crippen molar-refractivity contribution in [1.29, 1.82) is 0 Å². The first-order valence-corrected chi connectivity index (χ1v) is 8.91. The average Bonchev–Trinajstić information content (AvgIpc) is 3.20. The summed E-state index contributed by atoms with van der Waals surface area (Å²) in [6.45, 7) is 3.88. The zero-order chi connectivity index (χ0) is 19.6. The fraction of sp³-hybridized carbons (Fsp3) is 0.235. The van der Waals surface area contributed by atoms with Gasteiger partial charge in [-0.25, -0.2) is 0 Å². The summed E-state index contributed by atoms with van der Waals surface area (Å²) < 4.78 is 4.02. The van der Waals surface area contributed by atoms with E-state index in [1.807, 2.05) is 24.4 Å². The molecule has 0 saturated carbocycles. The highest BCUT2D eigenvalue weighted by atomic mass is 79.9. The third kappa shape index (κ3) is 4.40. The summed E-state index contributed by atoms with van der Waals surface area (Å²) in [5, 5.41) is 21.8. The summed E-state index contributed by atoms with van der Waals surface area (Å²) in [5.41, 5.74) is 2.15. The largest absolute Gasteiger partial charge is 0.390 e. The molecule has 10 heteroatoms. The topological polar surface area (TPSA) is 108 Å². The number of nitrogens with one attached hydrogen (secondary N) is 1. The lowest BCUT2D eigenvalue weighted by atomic mass is 10.2. The first kappa shape index (κ1) is 18.8. The molecule has 0 aliphatic rings. The number of hydrogen-bond donors (Lipinski definition) is 1. The number of aromatic nitrogens is 4. The fourth-order valence-electron chi connectivity index (χ4n) is 2.67. The van der Waals surface area contributed by atoms with Gasteiger partial charge in [-0.2, -0.15) is 9.78 Å². The number of rotatable bonds is 6. The van der Waals surface area contributed by atoms with E-state index in [9.17, 15) is 14.9 Å². The van der Waals surface area contributed by atoms with Crippen LogP contribution in [0.2, 0.25) is 0 Å². The Morgan fingerprint density at radius 2 is 2.19 bits per heavy atom. The second kappa shape index (κ2) is 7.70. The van der Waals surface area contributed by atoms with Gasteiger partial charge in [0, 0.05) is 11.9 Å². The SMILES string of the molecule is Cc1cc([N+](=O)[O-])nn1C(C)C(=O)Nc1cccc(Cn2cc(Br)cn2)c1. The fourth-order valence-corrected chi connectivity index (χ4v) is 3.00. The molecule has 1 N–H and O–H groups in total. The molecule has 2 aromatic heterocycles. The van der Waals surface area contributed by atoms with Gasteiger partial charge in [0.05, 0.1) is 34.1 Å². The van der Waals surface area contributed by atoms with Crippen LogP contribution in [-0.2, 0) is 11.3 Å². The summed E-state index contributed by atoms with van der Waals surface area (Å²) in [5.74, 6) is -0.588.